The molecule has 2 atom stereocenters. The maximum Gasteiger partial charge on any atom is 0.407 e. The third-order valence-electron chi connectivity index (χ3n) is 5.29. The molecule has 0 saturated carbocycles. The maximum atomic E-state index is 12.5. The van der Waals surface area contributed by atoms with Gasteiger partial charge >= 0.3 is 12.1 Å². The summed E-state index contributed by atoms with van der Waals surface area (Å²) in [5.41, 5.74) is 4.39. The third kappa shape index (κ3) is 5.25. The van der Waals surface area contributed by atoms with Crippen LogP contribution in [0.15, 0.2) is 48.5 Å². The molecule has 2 aromatic carbocycles. The molecule has 2 amide bonds. The summed E-state index contributed by atoms with van der Waals surface area (Å²) in [7, 11) is 1.41. The summed E-state index contributed by atoms with van der Waals surface area (Å²) in [6.45, 7) is 1.56. The number of fused-ring (bicyclic) bond motifs is 3. The largest absolute Gasteiger partial charge is 0.472 e. The number of carboxylic acids is 1. The lowest BCUT2D eigenvalue weighted by molar-refractivity contribution is -0.130. The summed E-state index contributed by atoms with van der Waals surface area (Å²) in [4.78, 5) is 35.4. The van der Waals surface area contributed by atoms with E-state index in [1.807, 2.05) is 54.5 Å². The van der Waals surface area contributed by atoms with Crippen molar-refractivity contribution in [3.63, 3.8) is 0 Å². The van der Waals surface area contributed by atoms with Crippen molar-refractivity contribution in [1.29, 1.82) is 0 Å². The van der Waals surface area contributed by atoms with Gasteiger partial charge in [-0.1, -0.05) is 54.5 Å². The lowest BCUT2D eigenvalue weighted by Gasteiger charge is -2.23. The minimum absolute atomic E-state index is 0.105. The first-order chi connectivity index (χ1) is 15.4. The van der Waals surface area contributed by atoms with Crippen molar-refractivity contribution in [3.05, 3.63) is 59.7 Å². The van der Waals surface area contributed by atoms with Gasteiger partial charge in [0.15, 0.2) is 0 Å². The molecule has 3 rings (SSSR count). The number of hydrogen-bond acceptors (Lipinski definition) is 5. The first kappa shape index (κ1) is 22.8. The molecule has 8 heteroatoms. The molecule has 8 nitrogen and oxygen atoms in total. The van der Waals surface area contributed by atoms with Crippen LogP contribution in [0.5, 0.6) is 0 Å². The van der Waals surface area contributed by atoms with Crippen molar-refractivity contribution < 1.29 is 29.0 Å². The molecule has 0 saturated heterocycles. The Morgan fingerprint density at radius 3 is 2.22 bits per heavy atom. The lowest BCUT2D eigenvalue weighted by Crippen LogP contribution is -2.53. The highest BCUT2D eigenvalue weighted by molar-refractivity contribution is 5.88. The number of hydrogen-bond donors (Lipinski definition) is 3. The van der Waals surface area contributed by atoms with E-state index in [1.165, 1.54) is 7.11 Å². The summed E-state index contributed by atoms with van der Waals surface area (Å²) in [5, 5.41) is 13.5. The van der Waals surface area contributed by atoms with Gasteiger partial charge in [-0.05, 0) is 29.2 Å². The fourth-order valence-electron chi connectivity index (χ4n) is 3.66. The monoisotopic (exact) mass is 436 g/mol. The maximum absolute atomic E-state index is 12.5. The molecule has 2 aromatic rings. The minimum Gasteiger partial charge on any atom is -0.472 e. The van der Waals surface area contributed by atoms with E-state index in [0.717, 1.165) is 22.3 Å². The Morgan fingerprint density at radius 2 is 1.66 bits per heavy atom. The smallest absolute Gasteiger partial charge is 0.407 e. The van der Waals surface area contributed by atoms with Crippen molar-refractivity contribution in [1.82, 2.24) is 10.6 Å². The highest BCUT2D eigenvalue weighted by Gasteiger charge is 2.31. The predicted molar refractivity (Wildman–Crippen MR) is 117 cm³/mol. The summed E-state index contributed by atoms with van der Waals surface area (Å²) in [5.74, 6) is 2.23. The molecule has 166 valence electrons. The summed E-state index contributed by atoms with van der Waals surface area (Å²) in [6, 6.07) is 14.9. The van der Waals surface area contributed by atoms with Crippen LogP contribution in [0.4, 0.5) is 4.79 Å². The van der Waals surface area contributed by atoms with E-state index < -0.39 is 30.1 Å². The number of ether oxygens (including phenoxy) is 2. The van der Waals surface area contributed by atoms with Crippen LogP contribution in [-0.4, -0.2) is 55.5 Å². The van der Waals surface area contributed by atoms with Crippen molar-refractivity contribution in [2.45, 2.75) is 25.0 Å². The average Bonchev–Trinajstić information content (AvgIpc) is 3.12. The molecule has 0 bridgehead atoms. The van der Waals surface area contributed by atoms with E-state index in [9.17, 15) is 14.4 Å². The number of benzene rings is 2. The van der Waals surface area contributed by atoms with Gasteiger partial charge in [0.05, 0.1) is 12.6 Å². The first-order valence-electron chi connectivity index (χ1n) is 10.1. The van der Waals surface area contributed by atoms with Crippen molar-refractivity contribution in [2.75, 3.05) is 20.3 Å². The Labute approximate surface area is 185 Å². The topological polar surface area (TPSA) is 114 Å². The highest BCUT2D eigenvalue weighted by atomic mass is 16.5. The summed E-state index contributed by atoms with van der Waals surface area (Å²) < 4.78 is 10.7. The highest BCUT2D eigenvalue weighted by Crippen LogP contribution is 2.44. The fraction of sp³-hybridized carbons (Fsp3) is 0.292. The zero-order valence-corrected chi connectivity index (χ0v) is 17.8. The van der Waals surface area contributed by atoms with Gasteiger partial charge < -0.3 is 25.2 Å². The SMILES string of the molecule is COC(C)C(NC(=O)OCC1c2ccccc2-c2ccccc21)C(=O)NCC#CC(=O)O. The second-order valence-corrected chi connectivity index (χ2v) is 7.21. The number of carbonyl (C=O) groups excluding carboxylic acids is 2. The normalized spacial score (nSPS) is 13.6. The molecule has 2 unspecified atom stereocenters. The van der Waals surface area contributed by atoms with E-state index in [2.05, 4.69) is 16.6 Å². The molecule has 32 heavy (non-hydrogen) atoms. The molecule has 1 aliphatic carbocycles. The number of carbonyl (C=O) groups is 3. The molecule has 0 aliphatic heterocycles. The van der Waals surface area contributed by atoms with Gasteiger partial charge in [0.2, 0.25) is 5.91 Å². The van der Waals surface area contributed by atoms with E-state index >= 15 is 0 Å². The minimum atomic E-state index is -1.29. The number of aliphatic carboxylic acids is 1. The molecule has 0 aromatic heterocycles. The second kappa shape index (κ2) is 10.5. The van der Waals surface area contributed by atoms with Crippen LogP contribution >= 0.6 is 0 Å². The average molecular weight is 436 g/mol. The standard InChI is InChI=1S/C24H24N2O6/c1-15(31-2)22(23(29)25-13-7-12-21(27)28)26-24(30)32-14-20-18-10-5-3-8-16(18)17-9-4-6-11-19(17)20/h3-6,8-11,15,20,22H,13-14H2,1-2H3,(H,25,29)(H,26,30)(H,27,28). The Hall–Kier alpha value is -3.83. The molecule has 0 radical (unpaired) electrons. The number of amides is 2. The van der Waals surface area contributed by atoms with Crippen molar-refractivity contribution in [3.8, 4) is 23.0 Å². The molecule has 0 spiro atoms. The third-order valence-corrected chi connectivity index (χ3v) is 5.29. The van der Waals surface area contributed by atoms with Gasteiger partial charge in [-0.3, -0.25) is 4.79 Å². The van der Waals surface area contributed by atoms with E-state index in [0.29, 0.717) is 0 Å². The van der Waals surface area contributed by atoms with Crippen LogP contribution in [0.1, 0.15) is 24.0 Å². The molecule has 3 N–H and O–H groups in total. The van der Waals surface area contributed by atoms with Gasteiger partial charge in [-0.25, -0.2) is 9.59 Å². The Morgan fingerprint density at radius 1 is 1.06 bits per heavy atom. The number of alkyl carbamates (subject to hydrolysis) is 1. The van der Waals surface area contributed by atoms with Crippen molar-refractivity contribution in [2.24, 2.45) is 0 Å². The first-order valence-corrected chi connectivity index (χ1v) is 10.1. The fourth-order valence-corrected chi connectivity index (χ4v) is 3.66. The Bertz CT molecular complexity index is 1030. The van der Waals surface area contributed by atoms with Crippen LogP contribution in [0.3, 0.4) is 0 Å². The summed E-state index contributed by atoms with van der Waals surface area (Å²) >= 11 is 0. The van der Waals surface area contributed by atoms with E-state index in [1.54, 1.807) is 6.92 Å². The van der Waals surface area contributed by atoms with Crippen molar-refractivity contribution >= 4 is 18.0 Å². The molecule has 1 aliphatic rings. The van der Waals surface area contributed by atoms with E-state index in [4.69, 9.17) is 14.6 Å². The summed E-state index contributed by atoms with van der Waals surface area (Å²) in [6.07, 6.45) is -1.41. The Kier molecular flexibility index (Phi) is 7.47. The number of carboxylic acid groups (broad SMARTS) is 1. The molecule has 0 fully saturated rings. The Balaban J connectivity index is 1.64. The lowest BCUT2D eigenvalue weighted by atomic mass is 9.98. The zero-order chi connectivity index (χ0) is 23.1. The quantitative estimate of drug-likeness (QED) is 0.573. The molecular formula is C24H24N2O6. The second-order valence-electron chi connectivity index (χ2n) is 7.21. The van der Waals surface area contributed by atoms with Crippen LogP contribution in [0.25, 0.3) is 11.1 Å². The van der Waals surface area contributed by atoms with Crippen LogP contribution in [0.2, 0.25) is 0 Å². The van der Waals surface area contributed by atoms with Crippen LogP contribution < -0.4 is 10.6 Å². The van der Waals surface area contributed by atoms with Crippen LogP contribution in [0, 0.1) is 11.8 Å². The number of methoxy groups -OCH3 is 1. The van der Waals surface area contributed by atoms with Gasteiger partial charge in [-0.2, -0.15) is 0 Å². The predicted octanol–water partition coefficient (Wildman–Crippen LogP) is 2.13. The zero-order valence-electron chi connectivity index (χ0n) is 17.8. The molecular weight excluding hydrogens is 412 g/mol. The van der Waals surface area contributed by atoms with Gasteiger partial charge in [0.25, 0.3) is 0 Å². The van der Waals surface area contributed by atoms with E-state index in [-0.39, 0.29) is 19.1 Å². The number of rotatable bonds is 7. The number of nitrogens with one attached hydrogen (secondary N) is 2. The van der Waals surface area contributed by atoms with Gasteiger partial charge in [-0.15, -0.1) is 0 Å². The van der Waals surface area contributed by atoms with Crippen LogP contribution in [-0.2, 0) is 19.1 Å². The van der Waals surface area contributed by atoms with Gasteiger partial charge in [0, 0.05) is 18.9 Å². The van der Waals surface area contributed by atoms with Gasteiger partial charge in [0.1, 0.15) is 12.6 Å². The molecule has 0 heterocycles.